The summed E-state index contributed by atoms with van der Waals surface area (Å²) in [4.78, 5) is 15.1. The number of hydrogen-bond donors (Lipinski definition) is 0. The van der Waals surface area contributed by atoms with Crippen molar-refractivity contribution in [3.63, 3.8) is 0 Å². The molecule has 1 heterocycles. The van der Waals surface area contributed by atoms with Gasteiger partial charge < -0.3 is 0 Å². The van der Waals surface area contributed by atoms with Crippen molar-refractivity contribution >= 4 is 12.0 Å². The van der Waals surface area contributed by atoms with Gasteiger partial charge in [0.25, 0.3) is 5.91 Å². The molecule has 1 aliphatic heterocycles. The van der Waals surface area contributed by atoms with Crippen molar-refractivity contribution in [3.8, 4) is 0 Å². The number of fused-ring (bicyclic) bond motifs is 1. The first kappa shape index (κ1) is 9.76. The third-order valence-corrected chi connectivity index (χ3v) is 3.64. The van der Waals surface area contributed by atoms with Crippen molar-refractivity contribution in [2.45, 2.75) is 38.0 Å². The van der Waals surface area contributed by atoms with Crippen LogP contribution in [0.2, 0.25) is 0 Å². The summed E-state index contributed by atoms with van der Waals surface area (Å²) in [7, 11) is 0. The maximum Gasteiger partial charge on any atom is 0.270 e. The van der Waals surface area contributed by atoms with Crippen LogP contribution in [0.25, 0.3) is 6.08 Å². The monoisotopic (exact) mass is 213 g/mol. The third-order valence-electron chi connectivity index (χ3n) is 3.64. The summed E-state index contributed by atoms with van der Waals surface area (Å²) in [6.07, 6.45) is 8.29. The van der Waals surface area contributed by atoms with Crippen LogP contribution in [0.5, 0.6) is 0 Å². The summed E-state index contributed by atoms with van der Waals surface area (Å²) in [5.41, 5.74) is 1.39. The van der Waals surface area contributed by atoms with Gasteiger partial charge in [-0.05, 0) is 36.5 Å². The molecular weight excluding hydrogens is 198 g/mol. The Hall–Kier alpha value is -1.44. The zero-order chi connectivity index (χ0) is 11.0. The molecule has 2 heteroatoms. The molecule has 3 rings (SSSR count). The summed E-state index contributed by atoms with van der Waals surface area (Å²) in [5, 5.41) is 1.85. The highest BCUT2D eigenvalue weighted by molar-refractivity contribution is 6.06. The molecule has 1 saturated carbocycles. The standard InChI is InChI=1S/C14H15NO/c16-14-9-12-8-11(6-7-13(12)15-14)10-4-2-1-3-5-10/h6-10H,1-5H2. The van der Waals surface area contributed by atoms with Crippen LogP contribution < -0.4 is 10.6 Å². The maximum absolute atomic E-state index is 11.2. The van der Waals surface area contributed by atoms with Gasteiger partial charge in [-0.1, -0.05) is 25.3 Å². The first-order valence-electron chi connectivity index (χ1n) is 6.07. The molecule has 0 N–H and O–H groups in total. The Kier molecular flexibility index (Phi) is 2.35. The Labute approximate surface area is 94.7 Å². The van der Waals surface area contributed by atoms with Crippen LogP contribution in [-0.4, -0.2) is 5.91 Å². The molecule has 82 valence electrons. The molecule has 1 amide bonds. The van der Waals surface area contributed by atoms with Crippen LogP contribution in [0.4, 0.5) is 0 Å². The van der Waals surface area contributed by atoms with E-state index in [1.807, 2.05) is 6.07 Å². The fourth-order valence-corrected chi connectivity index (χ4v) is 2.76. The lowest BCUT2D eigenvalue weighted by molar-refractivity contribution is -0.112. The van der Waals surface area contributed by atoms with Crippen molar-refractivity contribution in [2.24, 2.45) is 4.99 Å². The van der Waals surface area contributed by atoms with Gasteiger partial charge in [0.2, 0.25) is 0 Å². The Morgan fingerprint density at radius 3 is 2.75 bits per heavy atom. The van der Waals surface area contributed by atoms with Gasteiger partial charge in [-0.25, -0.2) is 4.99 Å². The van der Waals surface area contributed by atoms with Gasteiger partial charge in [-0.3, -0.25) is 4.79 Å². The fourth-order valence-electron chi connectivity index (χ4n) is 2.76. The highest BCUT2D eigenvalue weighted by atomic mass is 16.1. The number of amides is 1. The van der Waals surface area contributed by atoms with Crippen LogP contribution in [0.15, 0.2) is 23.2 Å². The number of nitrogens with zero attached hydrogens (tertiary/aromatic N) is 1. The van der Waals surface area contributed by atoms with E-state index in [-0.39, 0.29) is 5.91 Å². The Morgan fingerprint density at radius 1 is 1.12 bits per heavy atom. The zero-order valence-corrected chi connectivity index (χ0v) is 9.28. The third kappa shape index (κ3) is 1.69. The van der Waals surface area contributed by atoms with E-state index in [0.29, 0.717) is 5.92 Å². The van der Waals surface area contributed by atoms with Crippen LogP contribution in [0.3, 0.4) is 0 Å². The Bertz CT molecular complexity index is 538. The summed E-state index contributed by atoms with van der Waals surface area (Å²) in [6.45, 7) is 0. The normalized spacial score (nSPS) is 20.1. The van der Waals surface area contributed by atoms with Crippen molar-refractivity contribution in [1.29, 1.82) is 0 Å². The highest BCUT2D eigenvalue weighted by Gasteiger charge is 2.16. The molecule has 0 aromatic heterocycles. The van der Waals surface area contributed by atoms with Gasteiger partial charge >= 0.3 is 0 Å². The molecule has 0 bridgehead atoms. The molecule has 2 aliphatic rings. The second-order valence-corrected chi connectivity index (χ2v) is 4.75. The van der Waals surface area contributed by atoms with Gasteiger partial charge in [-0.15, -0.1) is 0 Å². The molecule has 0 saturated heterocycles. The molecule has 2 nitrogen and oxygen atoms in total. The van der Waals surface area contributed by atoms with E-state index in [4.69, 9.17) is 0 Å². The molecule has 0 radical (unpaired) electrons. The molecule has 16 heavy (non-hydrogen) atoms. The van der Waals surface area contributed by atoms with E-state index in [0.717, 1.165) is 10.6 Å². The lowest BCUT2D eigenvalue weighted by atomic mass is 9.84. The van der Waals surface area contributed by atoms with Crippen LogP contribution in [0.1, 0.15) is 43.6 Å². The number of rotatable bonds is 1. The summed E-state index contributed by atoms with van der Waals surface area (Å²) < 4.78 is 0. The minimum Gasteiger partial charge on any atom is -0.267 e. The SMILES string of the molecule is O=C1C=c2cc(C3CCCCC3)ccc2=N1. The minimum absolute atomic E-state index is 0.115. The molecule has 1 aromatic carbocycles. The molecule has 0 spiro atoms. The predicted octanol–water partition coefficient (Wildman–Crippen LogP) is 1.67. The lowest BCUT2D eigenvalue weighted by Crippen LogP contribution is -2.22. The quantitative estimate of drug-likeness (QED) is 0.698. The zero-order valence-electron chi connectivity index (χ0n) is 9.28. The largest absolute Gasteiger partial charge is 0.270 e. The van der Waals surface area contributed by atoms with Crippen LogP contribution >= 0.6 is 0 Å². The topological polar surface area (TPSA) is 29.4 Å². The number of benzene rings is 1. The van der Waals surface area contributed by atoms with E-state index < -0.39 is 0 Å². The van der Waals surface area contributed by atoms with E-state index >= 15 is 0 Å². The average molecular weight is 213 g/mol. The fraction of sp³-hybridized carbons (Fsp3) is 0.429. The molecule has 1 fully saturated rings. The van der Waals surface area contributed by atoms with E-state index in [9.17, 15) is 4.79 Å². The predicted molar refractivity (Wildman–Crippen MR) is 62.5 cm³/mol. The van der Waals surface area contributed by atoms with E-state index in [1.54, 1.807) is 6.08 Å². The van der Waals surface area contributed by atoms with Crippen LogP contribution in [-0.2, 0) is 4.79 Å². The van der Waals surface area contributed by atoms with Crippen molar-refractivity contribution in [3.05, 3.63) is 34.3 Å². The average Bonchev–Trinajstić information content (AvgIpc) is 2.69. The maximum atomic E-state index is 11.2. The van der Waals surface area contributed by atoms with Gasteiger partial charge in [0, 0.05) is 11.3 Å². The number of carbonyl (C=O) groups is 1. The number of carbonyl (C=O) groups excluding carboxylic acids is 1. The lowest BCUT2D eigenvalue weighted by Gasteiger charge is -2.21. The summed E-state index contributed by atoms with van der Waals surface area (Å²) in [6, 6.07) is 6.28. The smallest absolute Gasteiger partial charge is 0.267 e. The molecule has 1 aliphatic carbocycles. The van der Waals surface area contributed by atoms with E-state index in [1.165, 1.54) is 37.7 Å². The Balaban J connectivity index is 1.99. The van der Waals surface area contributed by atoms with Crippen molar-refractivity contribution in [2.75, 3.05) is 0 Å². The molecular formula is C14H15NO. The Morgan fingerprint density at radius 2 is 1.94 bits per heavy atom. The van der Waals surface area contributed by atoms with Gasteiger partial charge in [0.1, 0.15) is 0 Å². The highest BCUT2D eigenvalue weighted by Crippen LogP contribution is 2.31. The first-order chi connectivity index (χ1) is 7.83. The second kappa shape index (κ2) is 3.85. The van der Waals surface area contributed by atoms with E-state index in [2.05, 4.69) is 17.1 Å². The molecule has 0 atom stereocenters. The van der Waals surface area contributed by atoms with Gasteiger partial charge in [0.15, 0.2) is 0 Å². The minimum atomic E-state index is -0.115. The van der Waals surface area contributed by atoms with Crippen molar-refractivity contribution in [1.82, 2.24) is 0 Å². The van der Waals surface area contributed by atoms with Gasteiger partial charge in [0.05, 0.1) is 5.36 Å². The summed E-state index contributed by atoms with van der Waals surface area (Å²) >= 11 is 0. The van der Waals surface area contributed by atoms with Crippen molar-refractivity contribution < 1.29 is 4.79 Å². The van der Waals surface area contributed by atoms with Gasteiger partial charge in [-0.2, -0.15) is 0 Å². The van der Waals surface area contributed by atoms with Crippen LogP contribution in [0, 0.1) is 0 Å². The second-order valence-electron chi connectivity index (χ2n) is 4.75. The molecule has 0 unspecified atom stereocenters. The summed E-state index contributed by atoms with van der Waals surface area (Å²) in [5.74, 6) is 0.582. The number of hydrogen-bond acceptors (Lipinski definition) is 1. The first-order valence-corrected chi connectivity index (χ1v) is 6.07. The molecule has 1 aromatic rings.